The fourth-order valence-corrected chi connectivity index (χ4v) is 2.11. The third-order valence-corrected chi connectivity index (χ3v) is 2.87. The van der Waals surface area contributed by atoms with E-state index in [9.17, 15) is 0 Å². The maximum atomic E-state index is 6.18. The number of aromatic nitrogens is 2. The molecule has 5 heteroatoms. The highest BCUT2D eigenvalue weighted by Gasteiger charge is 2.39. The van der Waals surface area contributed by atoms with E-state index in [1.165, 1.54) is 0 Å². The first-order valence-corrected chi connectivity index (χ1v) is 5.58. The molecule has 0 unspecified atom stereocenters. The van der Waals surface area contributed by atoms with Crippen LogP contribution in [-0.2, 0) is 0 Å². The predicted octanol–water partition coefficient (Wildman–Crippen LogP) is 0.803. The van der Waals surface area contributed by atoms with Gasteiger partial charge in [-0.2, -0.15) is 4.98 Å². The zero-order valence-corrected chi connectivity index (χ0v) is 9.81. The van der Waals surface area contributed by atoms with Crippen molar-refractivity contribution in [2.45, 2.75) is 25.3 Å². The van der Waals surface area contributed by atoms with Crippen molar-refractivity contribution in [3.63, 3.8) is 0 Å². The lowest BCUT2D eigenvalue weighted by Gasteiger charge is -2.47. The second-order valence-corrected chi connectivity index (χ2v) is 4.37. The lowest BCUT2D eigenvalue weighted by Crippen LogP contribution is -2.67. The molecular weight excluding hydrogens is 204 g/mol. The summed E-state index contributed by atoms with van der Waals surface area (Å²) in [5.41, 5.74) is 6.13. The average molecular weight is 222 g/mol. The highest BCUT2D eigenvalue weighted by Crippen LogP contribution is 2.27. The van der Waals surface area contributed by atoms with Gasteiger partial charge in [0.25, 0.3) is 0 Å². The van der Waals surface area contributed by atoms with Gasteiger partial charge >= 0.3 is 0 Å². The number of nitrogens with two attached hydrogens (primary N) is 1. The van der Waals surface area contributed by atoms with E-state index in [1.54, 1.807) is 19.4 Å². The van der Waals surface area contributed by atoms with Crippen LogP contribution in [0.5, 0.6) is 5.88 Å². The van der Waals surface area contributed by atoms with Crippen molar-refractivity contribution >= 4 is 5.95 Å². The molecule has 5 nitrogen and oxygen atoms in total. The van der Waals surface area contributed by atoms with Gasteiger partial charge in [-0.3, -0.25) is 0 Å². The number of hydrogen-bond acceptors (Lipinski definition) is 5. The van der Waals surface area contributed by atoms with Crippen molar-refractivity contribution < 1.29 is 4.74 Å². The molecular formula is C11H18N4O. The second kappa shape index (κ2) is 4.25. The molecule has 16 heavy (non-hydrogen) atoms. The normalized spacial score (nSPS) is 18.1. The van der Waals surface area contributed by atoms with E-state index in [0.29, 0.717) is 11.8 Å². The van der Waals surface area contributed by atoms with Gasteiger partial charge in [0.2, 0.25) is 11.8 Å². The highest BCUT2D eigenvalue weighted by molar-refractivity contribution is 5.39. The Labute approximate surface area is 95.6 Å². The van der Waals surface area contributed by atoms with Crippen LogP contribution in [0, 0.1) is 0 Å². The number of nitrogens with zero attached hydrogens (tertiary/aromatic N) is 3. The second-order valence-electron chi connectivity index (χ2n) is 4.37. The number of ether oxygens (including phenoxy) is 1. The molecule has 0 aromatic carbocycles. The summed E-state index contributed by atoms with van der Waals surface area (Å²) in [5.74, 6) is 1.30. The smallest absolute Gasteiger partial charge is 0.228 e. The van der Waals surface area contributed by atoms with Crippen LogP contribution in [0.1, 0.15) is 19.8 Å². The summed E-state index contributed by atoms with van der Waals surface area (Å²) >= 11 is 0. The molecule has 1 aliphatic rings. The topological polar surface area (TPSA) is 64.3 Å². The summed E-state index contributed by atoms with van der Waals surface area (Å²) < 4.78 is 5.06. The van der Waals surface area contributed by atoms with E-state index in [2.05, 4.69) is 21.8 Å². The Kier molecular flexibility index (Phi) is 2.96. The van der Waals surface area contributed by atoms with Crippen LogP contribution in [0.15, 0.2) is 12.3 Å². The highest BCUT2D eigenvalue weighted by atomic mass is 16.5. The molecule has 1 saturated heterocycles. The van der Waals surface area contributed by atoms with E-state index in [0.717, 1.165) is 25.9 Å². The average Bonchev–Trinajstić information content (AvgIpc) is 2.26. The summed E-state index contributed by atoms with van der Waals surface area (Å²) in [5, 5.41) is 0. The van der Waals surface area contributed by atoms with Gasteiger partial charge in [-0.15, -0.1) is 0 Å². The molecule has 1 aliphatic heterocycles. The van der Waals surface area contributed by atoms with Crippen molar-refractivity contribution in [3.05, 3.63) is 12.3 Å². The lowest BCUT2D eigenvalue weighted by atomic mass is 9.87. The molecule has 0 aliphatic carbocycles. The van der Waals surface area contributed by atoms with Crippen LogP contribution in [0.4, 0.5) is 5.95 Å². The number of anilines is 1. The summed E-state index contributed by atoms with van der Waals surface area (Å²) in [4.78, 5) is 10.6. The van der Waals surface area contributed by atoms with Crippen molar-refractivity contribution in [2.24, 2.45) is 5.73 Å². The van der Waals surface area contributed by atoms with E-state index in [1.807, 2.05) is 0 Å². The van der Waals surface area contributed by atoms with Gasteiger partial charge < -0.3 is 15.4 Å². The number of methoxy groups -OCH3 is 1. The lowest BCUT2D eigenvalue weighted by molar-refractivity contribution is 0.302. The molecule has 2 heterocycles. The predicted molar refractivity (Wildman–Crippen MR) is 62.6 cm³/mol. The molecule has 1 aromatic heterocycles. The molecule has 88 valence electrons. The molecule has 0 bridgehead atoms. The molecule has 1 aromatic rings. The van der Waals surface area contributed by atoms with E-state index >= 15 is 0 Å². The molecule has 2 rings (SSSR count). The van der Waals surface area contributed by atoms with Crippen molar-refractivity contribution in [1.29, 1.82) is 0 Å². The quantitative estimate of drug-likeness (QED) is 0.816. The Bertz CT molecular complexity index is 363. The van der Waals surface area contributed by atoms with Crippen molar-refractivity contribution in [1.82, 2.24) is 9.97 Å². The SMILES string of the molecule is CCCC1(N)CN(c2nccc(OC)n2)C1. The van der Waals surface area contributed by atoms with Crippen LogP contribution < -0.4 is 15.4 Å². The largest absolute Gasteiger partial charge is 0.481 e. The van der Waals surface area contributed by atoms with Crippen molar-refractivity contribution in [3.8, 4) is 5.88 Å². The van der Waals surface area contributed by atoms with E-state index in [4.69, 9.17) is 10.5 Å². The van der Waals surface area contributed by atoms with Gasteiger partial charge in [0.05, 0.1) is 12.6 Å². The summed E-state index contributed by atoms with van der Waals surface area (Å²) in [6.07, 6.45) is 3.87. The van der Waals surface area contributed by atoms with Crippen LogP contribution in [-0.4, -0.2) is 35.7 Å². The maximum Gasteiger partial charge on any atom is 0.228 e. The van der Waals surface area contributed by atoms with Gasteiger partial charge in [-0.25, -0.2) is 4.98 Å². The standard InChI is InChI=1S/C11H18N4O/c1-3-5-11(12)7-15(8-11)10-13-6-4-9(14-10)16-2/h4,6H,3,5,7-8,12H2,1-2H3. The Balaban J connectivity index is 2.00. The zero-order chi connectivity index (χ0) is 11.6. The summed E-state index contributed by atoms with van der Waals surface area (Å²) in [7, 11) is 1.60. The first kappa shape index (κ1) is 11.1. The third kappa shape index (κ3) is 2.09. The minimum atomic E-state index is -0.0544. The van der Waals surface area contributed by atoms with Gasteiger partial charge in [0, 0.05) is 25.4 Å². The van der Waals surface area contributed by atoms with Crippen LogP contribution >= 0.6 is 0 Å². The zero-order valence-electron chi connectivity index (χ0n) is 9.81. The van der Waals surface area contributed by atoms with Crippen LogP contribution in [0.2, 0.25) is 0 Å². The van der Waals surface area contributed by atoms with Crippen LogP contribution in [0.3, 0.4) is 0 Å². The molecule has 0 atom stereocenters. The minimum Gasteiger partial charge on any atom is -0.481 e. The Morgan fingerprint density at radius 2 is 2.31 bits per heavy atom. The summed E-state index contributed by atoms with van der Waals surface area (Å²) in [6, 6.07) is 1.74. The Morgan fingerprint density at radius 3 is 2.94 bits per heavy atom. The number of hydrogen-bond donors (Lipinski definition) is 1. The van der Waals surface area contributed by atoms with Crippen molar-refractivity contribution in [2.75, 3.05) is 25.1 Å². The van der Waals surface area contributed by atoms with E-state index in [-0.39, 0.29) is 5.54 Å². The van der Waals surface area contributed by atoms with Gasteiger partial charge in [0.1, 0.15) is 0 Å². The summed E-state index contributed by atoms with van der Waals surface area (Å²) in [6.45, 7) is 3.81. The molecule has 1 fully saturated rings. The Hall–Kier alpha value is -1.36. The fraction of sp³-hybridized carbons (Fsp3) is 0.636. The molecule has 0 amide bonds. The molecule has 2 N–H and O–H groups in total. The van der Waals surface area contributed by atoms with Gasteiger partial charge in [-0.1, -0.05) is 13.3 Å². The van der Waals surface area contributed by atoms with Gasteiger partial charge in [-0.05, 0) is 6.42 Å². The molecule has 0 radical (unpaired) electrons. The van der Waals surface area contributed by atoms with Gasteiger partial charge in [0.15, 0.2) is 0 Å². The maximum absolute atomic E-state index is 6.18. The minimum absolute atomic E-state index is 0.0544. The molecule has 0 spiro atoms. The first-order chi connectivity index (χ1) is 7.67. The number of rotatable bonds is 4. The fourth-order valence-electron chi connectivity index (χ4n) is 2.11. The van der Waals surface area contributed by atoms with Crippen LogP contribution in [0.25, 0.3) is 0 Å². The monoisotopic (exact) mass is 222 g/mol. The Morgan fingerprint density at radius 1 is 1.56 bits per heavy atom. The first-order valence-electron chi connectivity index (χ1n) is 5.58. The third-order valence-electron chi connectivity index (χ3n) is 2.87. The van der Waals surface area contributed by atoms with E-state index < -0.39 is 0 Å². The molecule has 0 saturated carbocycles.